The van der Waals surface area contributed by atoms with Gasteiger partial charge in [-0.1, -0.05) is 6.92 Å². The van der Waals surface area contributed by atoms with Crippen LogP contribution in [0.1, 0.15) is 19.8 Å². The maximum Gasteiger partial charge on any atom is 0.0469 e. The smallest absolute Gasteiger partial charge is 0.0469 e. The Kier molecular flexibility index (Phi) is 4.00. The van der Waals surface area contributed by atoms with Crippen molar-refractivity contribution in [3.05, 3.63) is 0 Å². The molecule has 2 atom stereocenters. The Morgan fingerprint density at radius 3 is 2.60 bits per heavy atom. The van der Waals surface area contributed by atoms with Crippen molar-refractivity contribution in [2.45, 2.75) is 25.8 Å². The fraction of sp³-hybridized carbons (Fsp3) is 1.00. The monoisotopic (exact) mass is 212 g/mol. The Hall–Kier alpha value is -0.120. The van der Waals surface area contributed by atoms with Crippen LogP contribution < -0.4 is 5.32 Å². The average molecular weight is 212 g/mol. The minimum Gasteiger partial charge on any atom is -0.381 e. The topological polar surface area (TPSA) is 24.5 Å². The van der Waals surface area contributed by atoms with Crippen molar-refractivity contribution in [2.24, 2.45) is 11.8 Å². The van der Waals surface area contributed by atoms with E-state index >= 15 is 0 Å². The standard InChI is InChI=1S/C12H24N2O/c1-10-7-13-8-12(10)14(2)9-11-3-5-15-6-4-11/h10-13H,3-9H2,1-2H3. The van der Waals surface area contributed by atoms with Gasteiger partial charge in [-0.2, -0.15) is 0 Å². The Morgan fingerprint density at radius 2 is 2.00 bits per heavy atom. The van der Waals surface area contributed by atoms with Crippen molar-refractivity contribution < 1.29 is 4.74 Å². The minimum absolute atomic E-state index is 0.743. The molecular formula is C12H24N2O. The molecule has 1 N–H and O–H groups in total. The molecule has 2 fully saturated rings. The molecule has 0 aromatic rings. The van der Waals surface area contributed by atoms with E-state index in [4.69, 9.17) is 4.74 Å². The third kappa shape index (κ3) is 2.92. The van der Waals surface area contributed by atoms with Crippen LogP contribution in [-0.4, -0.2) is 50.8 Å². The first-order valence-electron chi connectivity index (χ1n) is 6.26. The molecule has 3 heteroatoms. The lowest BCUT2D eigenvalue weighted by Crippen LogP contribution is -2.41. The maximum absolute atomic E-state index is 5.40. The summed E-state index contributed by atoms with van der Waals surface area (Å²) >= 11 is 0. The van der Waals surface area contributed by atoms with Crippen molar-refractivity contribution in [2.75, 3.05) is 39.9 Å². The summed E-state index contributed by atoms with van der Waals surface area (Å²) in [4.78, 5) is 2.56. The van der Waals surface area contributed by atoms with Gasteiger partial charge in [0.05, 0.1) is 0 Å². The molecule has 3 nitrogen and oxygen atoms in total. The summed E-state index contributed by atoms with van der Waals surface area (Å²) in [5.74, 6) is 1.66. The molecule has 0 radical (unpaired) electrons. The number of likely N-dealkylation sites (N-methyl/N-ethyl adjacent to an activating group) is 1. The first-order valence-corrected chi connectivity index (χ1v) is 6.26. The first-order chi connectivity index (χ1) is 7.27. The van der Waals surface area contributed by atoms with E-state index in [1.165, 1.54) is 32.5 Å². The number of rotatable bonds is 3. The summed E-state index contributed by atoms with van der Waals surface area (Å²) in [6.45, 7) is 7.89. The molecule has 15 heavy (non-hydrogen) atoms. The molecule has 88 valence electrons. The maximum atomic E-state index is 5.40. The first kappa shape index (κ1) is 11.4. The number of hydrogen-bond acceptors (Lipinski definition) is 3. The van der Waals surface area contributed by atoms with E-state index in [9.17, 15) is 0 Å². The zero-order valence-electron chi connectivity index (χ0n) is 10.0. The fourth-order valence-electron chi connectivity index (χ4n) is 2.86. The van der Waals surface area contributed by atoms with Crippen molar-refractivity contribution in [1.82, 2.24) is 10.2 Å². The summed E-state index contributed by atoms with van der Waals surface area (Å²) in [5, 5.41) is 3.47. The SMILES string of the molecule is CC1CNCC1N(C)CC1CCOCC1. The lowest BCUT2D eigenvalue weighted by molar-refractivity contribution is 0.0491. The Labute approximate surface area is 93.2 Å². The lowest BCUT2D eigenvalue weighted by atomic mass is 9.97. The van der Waals surface area contributed by atoms with Gasteiger partial charge < -0.3 is 15.0 Å². The normalized spacial score (nSPS) is 33.8. The van der Waals surface area contributed by atoms with Gasteiger partial charge in [0.25, 0.3) is 0 Å². The van der Waals surface area contributed by atoms with E-state index in [2.05, 4.69) is 24.2 Å². The Balaban J connectivity index is 1.77. The van der Waals surface area contributed by atoms with Gasteiger partial charge in [0.2, 0.25) is 0 Å². The molecule has 2 aliphatic rings. The van der Waals surface area contributed by atoms with Gasteiger partial charge in [0.15, 0.2) is 0 Å². The highest BCUT2D eigenvalue weighted by atomic mass is 16.5. The summed E-state index contributed by atoms with van der Waals surface area (Å²) in [5.41, 5.74) is 0. The van der Waals surface area contributed by atoms with Crippen LogP contribution in [0.15, 0.2) is 0 Å². The molecule has 2 heterocycles. The van der Waals surface area contributed by atoms with Crippen molar-refractivity contribution in [3.63, 3.8) is 0 Å². The van der Waals surface area contributed by atoms with Crippen LogP contribution in [0.5, 0.6) is 0 Å². The zero-order valence-corrected chi connectivity index (χ0v) is 10.0. The predicted octanol–water partition coefficient (Wildman–Crippen LogP) is 0.953. The summed E-state index contributed by atoms with van der Waals surface area (Å²) < 4.78 is 5.40. The quantitative estimate of drug-likeness (QED) is 0.754. The van der Waals surface area contributed by atoms with Gasteiger partial charge in [0, 0.05) is 32.3 Å². The number of nitrogens with zero attached hydrogens (tertiary/aromatic N) is 1. The molecule has 0 bridgehead atoms. The Bertz CT molecular complexity index is 192. The third-order valence-corrected chi connectivity index (χ3v) is 3.93. The number of nitrogens with one attached hydrogen (secondary N) is 1. The summed E-state index contributed by atoms with van der Waals surface area (Å²) in [6.07, 6.45) is 2.50. The summed E-state index contributed by atoms with van der Waals surface area (Å²) in [6, 6.07) is 0.743. The van der Waals surface area contributed by atoms with Crippen molar-refractivity contribution in [1.29, 1.82) is 0 Å². The molecule has 0 aliphatic carbocycles. The lowest BCUT2D eigenvalue weighted by Gasteiger charge is -2.32. The fourth-order valence-corrected chi connectivity index (χ4v) is 2.86. The molecule has 2 unspecified atom stereocenters. The second-order valence-corrected chi connectivity index (χ2v) is 5.20. The number of hydrogen-bond donors (Lipinski definition) is 1. The van der Waals surface area contributed by atoms with Gasteiger partial charge in [0.1, 0.15) is 0 Å². The van der Waals surface area contributed by atoms with Crippen molar-refractivity contribution in [3.8, 4) is 0 Å². The third-order valence-electron chi connectivity index (χ3n) is 3.93. The Morgan fingerprint density at radius 1 is 1.27 bits per heavy atom. The number of ether oxygens (including phenoxy) is 1. The molecule has 0 aromatic carbocycles. The minimum atomic E-state index is 0.743. The van der Waals surface area contributed by atoms with Gasteiger partial charge in [-0.15, -0.1) is 0 Å². The highest BCUT2D eigenvalue weighted by Crippen LogP contribution is 2.20. The molecule has 2 saturated heterocycles. The van der Waals surface area contributed by atoms with Gasteiger partial charge >= 0.3 is 0 Å². The van der Waals surface area contributed by atoms with Crippen molar-refractivity contribution >= 4 is 0 Å². The molecule has 0 saturated carbocycles. The van der Waals surface area contributed by atoms with Gasteiger partial charge in [-0.3, -0.25) is 0 Å². The molecule has 0 amide bonds. The highest BCUT2D eigenvalue weighted by Gasteiger charge is 2.28. The van der Waals surface area contributed by atoms with Crippen LogP contribution in [0.4, 0.5) is 0 Å². The van der Waals surface area contributed by atoms with E-state index in [1.807, 2.05) is 0 Å². The van der Waals surface area contributed by atoms with Crippen LogP contribution in [0.25, 0.3) is 0 Å². The molecule has 2 rings (SSSR count). The van der Waals surface area contributed by atoms with Crippen LogP contribution in [0.2, 0.25) is 0 Å². The molecule has 0 aromatic heterocycles. The van der Waals surface area contributed by atoms with Crippen LogP contribution >= 0.6 is 0 Å². The van der Waals surface area contributed by atoms with E-state index in [-0.39, 0.29) is 0 Å². The second kappa shape index (κ2) is 5.28. The molecule has 0 spiro atoms. The average Bonchev–Trinajstić information content (AvgIpc) is 2.66. The van der Waals surface area contributed by atoms with E-state index < -0.39 is 0 Å². The van der Waals surface area contributed by atoms with Gasteiger partial charge in [-0.05, 0) is 38.3 Å². The van der Waals surface area contributed by atoms with Crippen LogP contribution in [0.3, 0.4) is 0 Å². The highest BCUT2D eigenvalue weighted by molar-refractivity contribution is 4.85. The second-order valence-electron chi connectivity index (χ2n) is 5.20. The largest absolute Gasteiger partial charge is 0.381 e. The molecule has 2 aliphatic heterocycles. The molecular weight excluding hydrogens is 188 g/mol. The van der Waals surface area contributed by atoms with Crippen LogP contribution in [-0.2, 0) is 4.74 Å². The predicted molar refractivity (Wildman–Crippen MR) is 62.0 cm³/mol. The van der Waals surface area contributed by atoms with E-state index in [1.54, 1.807) is 0 Å². The summed E-state index contributed by atoms with van der Waals surface area (Å²) in [7, 11) is 2.28. The van der Waals surface area contributed by atoms with Gasteiger partial charge in [-0.25, -0.2) is 0 Å². The van der Waals surface area contributed by atoms with E-state index in [0.29, 0.717) is 0 Å². The zero-order chi connectivity index (χ0) is 10.7. The van der Waals surface area contributed by atoms with Crippen LogP contribution in [0, 0.1) is 11.8 Å². The van der Waals surface area contributed by atoms with E-state index in [0.717, 1.165) is 31.1 Å².